The fourth-order valence-corrected chi connectivity index (χ4v) is 2.69. The van der Waals surface area contributed by atoms with Crippen molar-refractivity contribution >= 4 is 23.0 Å². The van der Waals surface area contributed by atoms with E-state index in [9.17, 15) is 0 Å². The number of anilines is 1. The zero-order valence-electron chi connectivity index (χ0n) is 13.3. The smallest absolute Gasteiger partial charge is 0.174 e. The number of nitrogens with one attached hydrogen (secondary N) is 1. The molecule has 4 heteroatoms. The largest absolute Gasteiger partial charge is 0.340 e. The number of hydrogen-bond acceptors (Lipinski definition) is 2. The third-order valence-corrected chi connectivity index (χ3v) is 3.99. The molecule has 3 aromatic rings. The van der Waals surface area contributed by atoms with E-state index in [0.717, 1.165) is 18.8 Å². The number of pyridine rings is 1. The number of aromatic nitrogens is 1. The molecular weight excluding hydrogens is 314 g/mol. The molecule has 0 aliphatic carbocycles. The van der Waals surface area contributed by atoms with E-state index in [1.807, 2.05) is 48.5 Å². The maximum absolute atomic E-state index is 5.64. The van der Waals surface area contributed by atoms with E-state index in [4.69, 9.17) is 12.2 Å². The van der Waals surface area contributed by atoms with Crippen LogP contribution in [0.15, 0.2) is 85.2 Å². The lowest BCUT2D eigenvalue weighted by atomic mass is 10.2. The minimum atomic E-state index is 0.690. The summed E-state index contributed by atoms with van der Waals surface area (Å²) in [6.45, 7) is 1.50. The van der Waals surface area contributed by atoms with Gasteiger partial charge in [0.2, 0.25) is 0 Å². The number of benzene rings is 2. The molecule has 120 valence electrons. The third kappa shape index (κ3) is 4.64. The Morgan fingerprint density at radius 2 is 1.42 bits per heavy atom. The molecule has 0 aliphatic heterocycles. The molecule has 1 aromatic heterocycles. The molecule has 1 N–H and O–H groups in total. The Morgan fingerprint density at radius 1 is 0.833 bits per heavy atom. The standard InChI is InChI=1S/C20H19N3S/c24-20(22-19-12-7-13-21-14-19)23(15-17-8-3-1-4-9-17)16-18-10-5-2-6-11-18/h1-14H,15-16H2,(H,22,24). The highest BCUT2D eigenvalue weighted by Gasteiger charge is 2.11. The first kappa shape index (κ1) is 16.1. The summed E-state index contributed by atoms with van der Waals surface area (Å²) in [5, 5.41) is 3.97. The molecule has 2 aromatic carbocycles. The van der Waals surface area contributed by atoms with Crippen LogP contribution in [0.3, 0.4) is 0 Å². The fourth-order valence-electron chi connectivity index (χ4n) is 2.45. The topological polar surface area (TPSA) is 28.2 Å². The highest BCUT2D eigenvalue weighted by atomic mass is 32.1. The normalized spacial score (nSPS) is 10.2. The van der Waals surface area contributed by atoms with Gasteiger partial charge in [0, 0.05) is 19.3 Å². The van der Waals surface area contributed by atoms with Gasteiger partial charge in [-0.05, 0) is 35.5 Å². The summed E-state index contributed by atoms with van der Waals surface area (Å²) in [6.07, 6.45) is 3.52. The molecule has 0 spiro atoms. The van der Waals surface area contributed by atoms with Gasteiger partial charge < -0.3 is 10.2 Å². The van der Waals surface area contributed by atoms with E-state index in [1.54, 1.807) is 12.4 Å². The van der Waals surface area contributed by atoms with Gasteiger partial charge in [0.05, 0.1) is 11.9 Å². The second-order valence-electron chi connectivity index (χ2n) is 5.50. The lowest BCUT2D eigenvalue weighted by Gasteiger charge is -2.26. The second-order valence-corrected chi connectivity index (χ2v) is 5.89. The number of rotatable bonds is 5. The highest BCUT2D eigenvalue weighted by molar-refractivity contribution is 7.80. The Labute approximate surface area is 148 Å². The van der Waals surface area contributed by atoms with E-state index in [1.165, 1.54) is 11.1 Å². The maximum Gasteiger partial charge on any atom is 0.174 e. The minimum absolute atomic E-state index is 0.690. The summed E-state index contributed by atoms with van der Waals surface area (Å²) in [6, 6.07) is 24.6. The van der Waals surface area contributed by atoms with Crippen LogP contribution >= 0.6 is 12.2 Å². The Balaban J connectivity index is 1.76. The summed E-state index contributed by atoms with van der Waals surface area (Å²) < 4.78 is 0. The van der Waals surface area contributed by atoms with Gasteiger partial charge in [0.25, 0.3) is 0 Å². The van der Waals surface area contributed by atoms with Gasteiger partial charge >= 0.3 is 0 Å². The van der Waals surface area contributed by atoms with Crippen molar-refractivity contribution in [1.82, 2.24) is 9.88 Å². The molecule has 0 saturated carbocycles. The monoisotopic (exact) mass is 333 g/mol. The summed E-state index contributed by atoms with van der Waals surface area (Å²) in [7, 11) is 0. The van der Waals surface area contributed by atoms with Crippen LogP contribution in [0.4, 0.5) is 5.69 Å². The van der Waals surface area contributed by atoms with Crippen LogP contribution in [0.25, 0.3) is 0 Å². The summed E-state index contributed by atoms with van der Waals surface area (Å²) in [5.74, 6) is 0. The van der Waals surface area contributed by atoms with Crippen LogP contribution in [0.1, 0.15) is 11.1 Å². The van der Waals surface area contributed by atoms with Gasteiger partial charge in [-0.1, -0.05) is 60.7 Å². The molecule has 0 radical (unpaired) electrons. The molecule has 3 rings (SSSR count). The molecule has 1 heterocycles. The van der Waals surface area contributed by atoms with E-state index in [-0.39, 0.29) is 0 Å². The van der Waals surface area contributed by atoms with E-state index >= 15 is 0 Å². The van der Waals surface area contributed by atoms with Crippen molar-refractivity contribution in [3.05, 3.63) is 96.3 Å². The molecule has 0 atom stereocenters. The van der Waals surface area contributed by atoms with E-state index in [0.29, 0.717) is 5.11 Å². The van der Waals surface area contributed by atoms with Crippen molar-refractivity contribution in [2.45, 2.75) is 13.1 Å². The van der Waals surface area contributed by atoms with Crippen LogP contribution in [-0.2, 0) is 13.1 Å². The number of nitrogens with zero attached hydrogens (tertiary/aromatic N) is 2. The zero-order chi connectivity index (χ0) is 16.6. The van der Waals surface area contributed by atoms with Gasteiger partial charge in [-0.25, -0.2) is 0 Å². The predicted molar refractivity (Wildman–Crippen MR) is 103 cm³/mol. The zero-order valence-corrected chi connectivity index (χ0v) is 14.1. The molecule has 0 unspecified atom stereocenters. The average Bonchev–Trinajstić information content (AvgIpc) is 2.64. The number of thiocarbonyl (C=S) groups is 1. The van der Waals surface area contributed by atoms with Gasteiger partial charge in [-0.2, -0.15) is 0 Å². The van der Waals surface area contributed by atoms with Gasteiger partial charge in [0.15, 0.2) is 5.11 Å². The predicted octanol–water partition coefficient (Wildman–Crippen LogP) is 4.48. The maximum atomic E-state index is 5.64. The quantitative estimate of drug-likeness (QED) is 0.697. The first-order chi connectivity index (χ1) is 11.8. The molecule has 0 amide bonds. The fraction of sp³-hybridized carbons (Fsp3) is 0.100. The van der Waals surface area contributed by atoms with E-state index in [2.05, 4.69) is 39.5 Å². The number of hydrogen-bond donors (Lipinski definition) is 1. The molecule has 24 heavy (non-hydrogen) atoms. The van der Waals surface area contributed by atoms with Gasteiger partial charge in [-0.3, -0.25) is 4.98 Å². The highest BCUT2D eigenvalue weighted by Crippen LogP contribution is 2.13. The van der Waals surface area contributed by atoms with E-state index < -0.39 is 0 Å². The second kappa shape index (κ2) is 8.22. The van der Waals surface area contributed by atoms with Crippen LogP contribution in [-0.4, -0.2) is 15.0 Å². The Hall–Kier alpha value is -2.72. The molecule has 0 saturated heterocycles. The van der Waals surface area contributed by atoms with Crippen LogP contribution < -0.4 is 5.32 Å². The first-order valence-corrected chi connectivity index (χ1v) is 8.26. The Bertz CT molecular complexity index is 719. The average molecular weight is 333 g/mol. The molecule has 0 aliphatic rings. The Morgan fingerprint density at radius 3 is 1.92 bits per heavy atom. The Kier molecular flexibility index (Phi) is 5.53. The van der Waals surface area contributed by atoms with Crippen molar-refractivity contribution < 1.29 is 0 Å². The van der Waals surface area contributed by atoms with Crippen molar-refractivity contribution in [1.29, 1.82) is 0 Å². The van der Waals surface area contributed by atoms with Crippen LogP contribution in [0.2, 0.25) is 0 Å². The van der Waals surface area contributed by atoms with Crippen molar-refractivity contribution in [2.75, 3.05) is 5.32 Å². The molecule has 3 nitrogen and oxygen atoms in total. The molecular formula is C20H19N3S. The minimum Gasteiger partial charge on any atom is -0.340 e. The van der Waals surface area contributed by atoms with Crippen molar-refractivity contribution in [3.8, 4) is 0 Å². The lowest BCUT2D eigenvalue weighted by Crippen LogP contribution is -2.33. The summed E-state index contributed by atoms with van der Waals surface area (Å²) >= 11 is 5.64. The van der Waals surface area contributed by atoms with Crippen LogP contribution in [0, 0.1) is 0 Å². The van der Waals surface area contributed by atoms with Gasteiger partial charge in [0.1, 0.15) is 0 Å². The summed E-state index contributed by atoms with van der Waals surface area (Å²) in [5.41, 5.74) is 3.35. The van der Waals surface area contributed by atoms with Crippen LogP contribution in [0.5, 0.6) is 0 Å². The first-order valence-electron chi connectivity index (χ1n) is 7.85. The molecule has 0 bridgehead atoms. The van der Waals surface area contributed by atoms with Gasteiger partial charge in [-0.15, -0.1) is 0 Å². The van der Waals surface area contributed by atoms with Crippen molar-refractivity contribution in [2.24, 2.45) is 0 Å². The molecule has 0 fully saturated rings. The summed E-state index contributed by atoms with van der Waals surface area (Å²) in [4.78, 5) is 6.28. The SMILES string of the molecule is S=C(Nc1cccnc1)N(Cc1ccccc1)Cc1ccccc1. The lowest BCUT2D eigenvalue weighted by molar-refractivity contribution is 0.413. The van der Waals surface area contributed by atoms with Crippen molar-refractivity contribution in [3.63, 3.8) is 0 Å². The third-order valence-electron chi connectivity index (χ3n) is 3.63.